The van der Waals surface area contributed by atoms with E-state index in [0.717, 1.165) is 17.6 Å². The van der Waals surface area contributed by atoms with Crippen molar-refractivity contribution in [2.45, 2.75) is 12.5 Å². The van der Waals surface area contributed by atoms with Crippen molar-refractivity contribution in [3.05, 3.63) is 23.8 Å². The summed E-state index contributed by atoms with van der Waals surface area (Å²) >= 11 is 0. The highest BCUT2D eigenvalue weighted by Crippen LogP contribution is 2.35. The van der Waals surface area contributed by atoms with Crippen LogP contribution in [0.3, 0.4) is 0 Å². The topological polar surface area (TPSA) is 61.6 Å². The summed E-state index contributed by atoms with van der Waals surface area (Å²) in [6.45, 7) is 0.239. The number of hydrogen-bond acceptors (Lipinski definition) is 4. The monoisotopic (exact) mass is 193 g/mol. The average molecular weight is 193 g/mol. The van der Waals surface area contributed by atoms with Crippen molar-refractivity contribution in [2.24, 2.45) is 5.73 Å². The van der Waals surface area contributed by atoms with Gasteiger partial charge in [0.25, 0.3) is 0 Å². The zero-order chi connectivity index (χ0) is 9.97. The maximum absolute atomic E-state index is 10.4. The molecule has 0 radical (unpaired) electrons. The third kappa shape index (κ3) is 1.56. The van der Waals surface area contributed by atoms with Crippen LogP contribution in [0.4, 0.5) is 0 Å². The van der Waals surface area contributed by atoms with Gasteiger partial charge >= 0.3 is 0 Å². The van der Waals surface area contributed by atoms with Crippen LogP contribution >= 0.6 is 0 Å². The second-order valence-corrected chi connectivity index (χ2v) is 3.15. The number of aldehydes is 1. The van der Waals surface area contributed by atoms with Gasteiger partial charge in [-0.15, -0.1) is 0 Å². The summed E-state index contributed by atoms with van der Waals surface area (Å²) in [5, 5.41) is 0. The number of ether oxygens (including phenoxy) is 2. The highest BCUT2D eigenvalue weighted by atomic mass is 16.7. The minimum absolute atomic E-state index is 0.239. The van der Waals surface area contributed by atoms with E-state index in [1.807, 2.05) is 18.2 Å². The Kier molecular flexibility index (Phi) is 2.37. The molecule has 4 heteroatoms. The smallest absolute Gasteiger partial charge is 0.231 e. The summed E-state index contributed by atoms with van der Waals surface area (Å²) in [7, 11) is 0. The normalized spacial score (nSPS) is 15.2. The van der Waals surface area contributed by atoms with Gasteiger partial charge in [0.2, 0.25) is 6.79 Å². The first kappa shape index (κ1) is 9.02. The fraction of sp³-hybridized carbons (Fsp3) is 0.300. The lowest BCUT2D eigenvalue weighted by molar-refractivity contribution is -0.108. The van der Waals surface area contributed by atoms with Gasteiger partial charge < -0.3 is 20.0 Å². The van der Waals surface area contributed by atoms with Crippen molar-refractivity contribution in [1.82, 2.24) is 0 Å². The maximum Gasteiger partial charge on any atom is 0.231 e. The number of fused-ring (bicyclic) bond motifs is 1. The number of hydrogen-bond donors (Lipinski definition) is 1. The van der Waals surface area contributed by atoms with Crippen molar-refractivity contribution in [1.29, 1.82) is 0 Å². The molecule has 0 fully saturated rings. The first-order valence-electron chi connectivity index (χ1n) is 4.39. The number of benzene rings is 1. The molecule has 2 N–H and O–H groups in total. The molecular formula is C10H11NO3. The van der Waals surface area contributed by atoms with E-state index < -0.39 is 6.04 Å². The van der Waals surface area contributed by atoms with Crippen molar-refractivity contribution >= 4 is 6.29 Å². The molecule has 0 aromatic heterocycles. The van der Waals surface area contributed by atoms with Crippen LogP contribution in [0.5, 0.6) is 11.5 Å². The summed E-state index contributed by atoms with van der Waals surface area (Å²) in [6, 6.07) is 5.10. The molecule has 1 aliphatic rings. The molecule has 0 saturated heterocycles. The first-order chi connectivity index (χ1) is 6.81. The van der Waals surface area contributed by atoms with Gasteiger partial charge in [0.05, 0.1) is 6.04 Å². The van der Waals surface area contributed by atoms with Gasteiger partial charge in [-0.3, -0.25) is 0 Å². The van der Waals surface area contributed by atoms with Crippen LogP contribution in [0.25, 0.3) is 0 Å². The molecule has 1 heterocycles. The van der Waals surface area contributed by atoms with Crippen LogP contribution in [-0.4, -0.2) is 19.1 Å². The SMILES string of the molecule is NC(C=O)Cc1cccc2c1OCO2. The van der Waals surface area contributed by atoms with E-state index in [1.54, 1.807) is 0 Å². The summed E-state index contributed by atoms with van der Waals surface area (Å²) in [4.78, 5) is 10.4. The molecule has 1 unspecified atom stereocenters. The van der Waals surface area contributed by atoms with E-state index in [4.69, 9.17) is 15.2 Å². The second kappa shape index (κ2) is 3.67. The van der Waals surface area contributed by atoms with Crippen molar-refractivity contribution in [2.75, 3.05) is 6.79 Å². The molecule has 0 spiro atoms. The summed E-state index contributed by atoms with van der Waals surface area (Å²) in [5.41, 5.74) is 6.45. The lowest BCUT2D eigenvalue weighted by atomic mass is 10.1. The molecule has 0 aliphatic carbocycles. The van der Waals surface area contributed by atoms with Gasteiger partial charge in [0, 0.05) is 5.56 Å². The summed E-state index contributed by atoms with van der Waals surface area (Å²) < 4.78 is 10.5. The van der Waals surface area contributed by atoms with Crippen molar-refractivity contribution < 1.29 is 14.3 Å². The Morgan fingerprint density at radius 2 is 2.36 bits per heavy atom. The van der Waals surface area contributed by atoms with Gasteiger partial charge in [-0.1, -0.05) is 12.1 Å². The minimum atomic E-state index is -0.481. The molecule has 1 aromatic rings. The van der Waals surface area contributed by atoms with Crippen LogP contribution in [0.2, 0.25) is 0 Å². The van der Waals surface area contributed by atoms with Gasteiger partial charge in [0.15, 0.2) is 11.5 Å². The third-order valence-electron chi connectivity index (χ3n) is 2.11. The lowest BCUT2D eigenvalue weighted by Crippen LogP contribution is -2.24. The van der Waals surface area contributed by atoms with Crippen LogP contribution < -0.4 is 15.2 Å². The Morgan fingerprint density at radius 1 is 1.50 bits per heavy atom. The summed E-state index contributed by atoms with van der Waals surface area (Å²) in [6.07, 6.45) is 1.21. The molecule has 14 heavy (non-hydrogen) atoms. The van der Waals surface area contributed by atoms with E-state index >= 15 is 0 Å². The number of carbonyl (C=O) groups excluding carboxylic acids is 1. The molecule has 0 bridgehead atoms. The van der Waals surface area contributed by atoms with Crippen molar-refractivity contribution in [3.63, 3.8) is 0 Å². The van der Waals surface area contributed by atoms with Gasteiger partial charge in [-0.2, -0.15) is 0 Å². The Balaban J connectivity index is 2.26. The molecule has 0 saturated carbocycles. The zero-order valence-electron chi connectivity index (χ0n) is 7.60. The fourth-order valence-electron chi connectivity index (χ4n) is 1.45. The quantitative estimate of drug-likeness (QED) is 0.709. The summed E-state index contributed by atoms with van der Waals surface area (Å²) in [5.74, 6) is 1.44. The van der Waals surface area contributed by atoms with Crippen molar-refractivity contribution in [3.8, 4) is 11.5 Å². The molecule has 1 aliphatic heterocycles. The number of rotatable bonds is 3. The Labute approximate surface area is 81.6 Å². The molecule has 1 atom stereocenters. The van der Waals surface area contributed by atoms with E-state index in [0.29, 0.717) is 12.2 Å². The Hall–Kier alpha value is -1.55. The van der Waals surface area contributed by atoms with E-state index in [-0.39, 0.29) is 6.79 Å². The molecule has 74 valence electrons. The van der Waals surface area contributed by atoms with Crippen LogP contribution in [-0.2, 0) is 11.2 Å². The van der Waals surface area contributed by atoms with Crippen LogP contribution in [0, 0.1) is 0 Å². The first-order valence-corrected chi connectivity index (χ1v) is 4.39. The standard InChI is InChI=1S/C10H11NO3/c11-8(5-12)4-7-2-1-3-9-10(7)14-6-13-9/h1-3,5,8H,4,6,11H2. The Morgan fingerprint density at radius 3 is 3.14 bits per heavy atom. The van der Waals surface area contributed by atoms with Crippen LogP contribution in [0.1, 0.15) is 5.56 Å². The van der Waals surface area contributed by atoms with Gasteiger partial charge in [-0.05, 0) is 12.5 Å². The maximum atomic E-state index is 10.4. The third-order valence-corrected chi connectivity index (χ3v) is 2.11. The van der Waals surface area contributed by atoms with E-state index in [1.165, 1.54) is 0 Å². The zero-order valence-corrected chi connectivity index (χ0v) is 7.60. The fourth-order valence-corrected chi connectivity index (χ4v) is 1.45. The lowest BCUT2D eigenvalue weighted by Gasteiger charge is -2.06. The molecule has 1 aromatic carbocycles. The average Bonchev–Trinajstić information content (AvgIpc) is 2.66. The molecular weight excluding hydrogens is 182 g/mol. The minimum Gasteiger partial charge on any atom is -0.454 e. The largest absolute Gasteiger partial charge is 0.454 e. The number of carbonyl (C=O) groups is 1. The molecule has 4 nitrogen and oxygen atoms in total. The van der Waals surface area contributed by atoms with Crippen LogP contribution in [0.15, 0.2) is 18.2 Å². The predicted octanol–water partition coefficient (Wildman–Crippen LogP) is 0.484. The highest BCUT2D eigenvalue weighted by Gasteiger charge is 2.18. The predicted molar refractivity (Wildman–Crippen MR) is 50.3 cm³/mol. The van der Waals surface area contributed by atoms with Gasteiger partial charge in [0.1, 0.15) is 6.29 Å². The number of nitrogens with two attached hydrogens (primary N) is 1. The van der Waals surface area contributed by atoms with E-state index in [2.05, 4.69) is 0 Å². The van der Waals surface area contributed by atoms with E-state index in [9.17, 15) is 4.79 Å². The Bertz CT molecular complexity index is 351. The number of para-hydroxylation sites is 1. The molecule has 0 amide bonds. The second-order valence-electron chi connectivity index (χ2n) is 3.15. The molecule has 2 rings (SSSR count). The van der Waals surface area contributed by atoms with Gasteiger partial charge in [-0.25, -0.2) is 0 Å². The highest BCUT2D eigenvalue weighted by molar-refractivity contribution is 5.59.